The van der Waals surface area contributed by atoms with E-state index in [-0.39, 0.29) is 0 Å². The highest BCUT2D eigenvalue weighted by molar-refractivity contribution is 9.26. The standard InChI is InChI=1S/C10H14OS4/c11-7-4-8-12-14-15-13-9-10-5-2-1-3-6-10/h1-3,5-6,11H,4,7-9H2. The SMILES string of the molecule is OCCCSSSSCc1ccccc1. The number of hydrogen-bond donors (Lipinski definition) is 1. The summed E-state index contributed by atoms with van der Waals surface area (Å²) in [5.41, 5.74) is 1.37. The maximum atomic E-state index is 8.58. The molecule has 1 aromatic rings. The molecule has 84 valence electrons. The van der Waals surface area contributed by atoms with Crippen LogP contribution in [0.15, 0.2) is 30.3 Å². The van der Waals surface area contributed by atoms with E-state index in [0.717, 1.165) is 17.9 Å². The zero-order chi connectivity index (χ0) is 10.8. The van der Waals surface area contributed by atoms with Gasteiger partial charge in [0, 0.05) is 18.1 Å². The predicted molar refractivity (Wildman–Crippen MR) is 77.1 cm³/mol. The normalized spacial score (nSPS) is 10.5. The third-order valence-corrected chi connectivity index (χ3v) is 8.06. The summed E-state index contributed by atoms with van der Waals surface area (Å²) in [7, 11) is 7.28. The summed E-state index contributed by atoms with van der Waals surface area (Å²) in [6, 6.07) is 10.5. The van der Waals surface area contributed by atoms with E-state index in [2.05, 4.69) is 24.3 Å². The Labute approximate surface area is 106 Å². The Hall–Kier alpha value is 0.580. The summed E-state index contributed by atoms with van der Waals surface area (Å²) in [5, 5.41) is 8.58. The average Bonchev–Trinajstić information content (AvgIpc) is 2.29. The third-order valence-electron chi connectivity index (χ3n) is 1.58. The van der Waals surface area contributed by atoms with Gasteiger partial charge in [0.1, 0.15) is 0 Å². The van der Waals surface area contributed by atoms with Gasteiger partial charge in [0.15, 0.2) is 0 Å². The molecule has 0 unspecified atom stereocenters. The zero-order valence-electron chi connectivity index (χ0n) is 8.30. The minimum atomic E-state index is 0.301. The van der Waals surface area contributed by atoms with E-state index >= 15 is 0 Å². The second kappa shape index (κ2) is 9.78. The Morgan fingerprint density at radius 2 is 1.73 bits per heavy atom. The van der Waals surface area contributed by atoms with Crippen LogP contribution in [0.25, 0.3) is 0 Å². The lowest BCUT2D eigenvalue weighted by Crippen LogP contribution is -1.81. The highest BCUT2D eigenvalue weighted by Gasteiger charge is 1.94. The van der Waals surface area contributed by atoms with Gasteiger partial charge in [-0.3, -0.25) is 0 Å². The van der Waals surface area contributed by atoms with Gasteiger partial charge in [-0.2, -0.15) is 0 Å². The first kappa shape index (κ1) is 13.6. The van der Waals surface area contributed by atoms with Gasteiger partial charge in [0.05, 0.1) is 0 Å². The van der Waals surface area contributed by atoms with Crippen molar-refractivity contribution < 1.29 is 5.11 Å². The van der Waals surface area contributed by atoms with Crippen LogP contribution < -0.4 is 0 Å². The highest BCUT2D eigenvalue weighted by atomic mass is 33.7. The number of hydrogen-bond acceptors (Lipinski definition) is 5. The summed E-state index contributed by atoms with van der Waals surface area (Å²) in [6.45, 7) is 0.301. The van der Waals surface area contributed by atoms with Crippen LogP contribution in [0.2, 0.25) is 0 Å². The van der Waals surface area contributed by atoms with Crippen molar-refractivity contribution in [1.29, 1.82) is 0 Å². The molecular weight excluding hydrogens is 264 g/mol. The van der Waals surface area contributed by atoms with Crippen molar-refractivity contribution in [2.75, 3.05) is 12.4 Å². The molecule has 0 aliphatic carbocycles. The smallest absolute Gasteiger partial charge is 0.0439 e. The van der Waals surface area contributed by atoms with E-state index in [1.165, 1.54) is 5.56 Å². The molecule has 0 aromatic heterocycles. The molecule has 0 aliphatic heterocycles. The topological polar surface area (TPSA) is 20.2 Å². The molecule has 5 heteroatoms. The van der Waals surface area contributed by atoms with Crippen molar-refractivity contribution >= 4 is 41.2 Å². The van der Waals surface area contributed by atoms with Gasteiger partial charge >= 0.3 is 0 Å². The first-order valence-electron chi connectivity index (χ1n) is 4.66. The monoisotopic (exact) mass is 278 g/mol. The van der Waals surface area contributed by atoms with E-state index in [1.807, 2.05) is 37.5 Å². The van der Waals surface area contributed by atoms with Crippen LogP contribution in [0.3, 0.4) is 0 Å². The Morgan fingerprint density at radius 3 is 2.47 bits per heavy atom. The molecule has 1 rings (SSSR count). The third kappa shape index (κ3) is 7.47. The van der Waals surface area contributed by atoms with Crippen molar-refractivity contribution in [3.63, 3.8) is 0 Å². The molecule has 0 spiro atoms. The first-order valence-corrected chi connectivity index (χ1v) is 9.81. The highest BCUT2D eigenvalue weighted by Crippen LogP contribution is 2.44. The second-order valence-electron chi connectivity index (χ2n) is 2.78. The lowest BCUT2D eigenvalue weighted by Gasteiger charge is -2.00. The molecule has 0 radical (unpaired) electrons. The molecule has 0 fully saturated rings. The Kier molecular flexibility index (Phi) is 8.90. The molecular formula is C10H14OS4. The largest absolute Gasteiger partial charge is 0.396 e. The van der Waals surface area contributed by atoms with Gasteiger partial charge in [0.25, 0.3) is 0 Å². The van der Waals surface area contributed by atoms with Crippen molar-refractivity contribution in [2.24, 2.45) is 0 Å². The maximum absolute atomic E-state index is 8.58. The van der Waals surface area contributed by atoms with Gasteiger partial charge in [-0.15, -0.1) is 0 Å². The molecule has 0 saturated heterocycles. The van der Waals surface area contributed by atoms with Crippen LogP contribution in [0, 0.1) is 0 Å². The van der Waals surface area contributed by atoms with Crippen LogP contribution in [0.4, 0.5) is 0 Å². The number of aliphatic hydroxyl groups is 1. The summed E-state index contributed by atoms with van der Waals surface area (Å²) >= 11 is 0. The van der Waals surface area contributed by atoms with E-state index in [4.69, 9.17) is 5.11 Å². The molecule has 1 aromatic carbocycles. The van der Waals surface area contributed by atoms with Gasteiger partial charge in [-0.05, 0) is 31.6 Å². The van der Waals surface area contributed by atoms with E-state index in [1.54, 1.807) is 9.83 Å². The predicted octanol–water partition coefficient (Wildman–Crippen LogP) is 4.25. The van der Waals surface area contributed by atoms with Crippen molar-refractivity contribution in [3.8, 4) is 0 Å². The summed E-state index contributed by atoms with van der Waals surface area (Å²) in [6.07, 6.45) is 0.890. The minimum Gasteiger partial charge on any atom is -0.396 e. The Bertz CT molecular complexity index is 242. The fourth-order valence-corrected chi connectivity index (χ4v) is 6.85. The van der Waals surface area contributed by atoms with Crippen molar-refractivity contribution in [1.82, 2.24) is 0 Å². The molecule has 0 heterocycles. The summed E-state index contributed by atoms with van der Waals surface area (Å²) in [4.78, 5) is 0. The number of benzene rings is 1. The lowest BCUT2D eigenvalue weighted by molar-refractivity contribution is 0.296. The summed E-state index contributed by atoms with van der Waals surface area (Å²) in [5.74, 6) is 2.08. The Balaban J connectivity index is 1.93. The number of rotatable bonds is 8. The molecule has 0 bridgehead atoms. The molecule has 0 atom stereocenters. The fraction of sp³-hybridized carbons (Fsp3) is 0.400. The van der Waals surface area contributed by atoms with Crippen LogP contribution in [-0.4, -0.2) is 17.5 Å². The van der Waals surface area contributed by atoms with Crippen LogP contribution in [0.5, 0.6) is 0 Å². The van der Waals surface area contributed by atoms with Gasteiger partial charge in [-0.1, -0.05) is 51.9 Å². The quantitative estimate of drug-likeness (QED) is 0.565. The maximum Gasteiger partial charge on any atom is 0.0439 e. The van der Waals surface area contributed by atoms with Gasteiger partial charge in [0.2, 0.25) is 0 Å². The van der Waals surface area contributed by atoms with Crippen LogP contribution in [-0.2, 0) is 5.75 Å². The van der Waals surface area contributed by atoms with Crippen molar-refractivity contribution in [3.05, 3.63) is 35.9 Å². The first-order chi connectivity index (χ1) is 7.43. The zero-order valence-corrected chi connectivity index (χ0v) is 11.6. The molecule has 0 aliphatic rings. The van der Waals surface area contributed by atoms with Gasteiger partial charge in [-0.25, -0.2) is 0 Å². The minimum absolute atomic E-state index is 0.301. The molecule has 15 heavy (non-hydrogen) atoms. The lowest BCUT2D eigenvalue weighted by atomic mass is 10.2. The summed E-state index contributed by atoms with van der Waals surface area (Å²) < 4.78 is 0. The van der Waals surface area contributed by atoms with Crippen LogP contribution in [0.1, 0.15) is 12.0 Å². The van der Waals surface area contributed by atoms with E-state index in [9.17, 15) is 0 Å². The second-order valence-corrected chi connectivity index (χ2v) is 8.90. The van der Waals surface area contributed by atoms with E-state index in [0.29, 0.717) is 6.61 Å². The fourth-order valence-electron chi connectivity index (χ4n) is 0.863. The van der Waals surface area contributed by atoms with E-state index < -0.39 is 0 Å². The van der Waals surface area contributed by atoms with Gasteiger partial charge < -0.3 is 5.11 Å². The molecule has 1 N–H and O–H groups in total. The van der Waals surface area contributed by atoms with Crippen molar-refractivity contribution in [2.45, 2.75) is 12.2 Å². The molecule has 1 nitrogen and oxygen atoms in total. The molecule has 0 amide bonds. The van der Waals surface area contributed by atoms with Crippen LogP contribution >= 0.6 is 41.2 Å². The number of aliphatic hydroxyl groups excluding tert-OH is 1. The average molecular weight is 278 g/mol. The Morgan fingerprint density at radius 1 is 1.00 bits per heavy atom. The molecule has 0 saturated carbocycles.